The van der Waals surface area contributed by atoms with Crippen molar-refractivity contribution >= 4 is 28.2 Å². The quantitative estimate of drug-likeness (QED) is 0.785. The molecule has 0 saturated carbocycles. The van der Waals surface area contributed by atoms with Gasteiger partial charge in [-0.2, -0.15) is 0 Å². The second-order valence-corrected chi connectivity index (χ2v) is 6.18. The molecular weight excluding hydrogens is 330 g/mol. The summed E-state index contributed by atoms with van der Waals surface area (Å²) < 4.78 is 5.42. The fraction of sp³-hybridized carbons (Fsp3) is 0.200. The number of methoxy groups -OCH3 is 1. The Kier molecular flexibility index (Phi) is 4.67. The lowest BCUT2D eigenvalue weighted by Crippen LogP contribution is -2.32. The number of hydrogen-bond acceptors (Lipinski definition) is 4. The van der Waals surface area contributed by atoms with Crippen molar-refractivity contribution < 1.29 is 9.53 Å². The predicted molar refractivity (Wildman–Crippen MR) is 105 cm³/mol. The summed E-state index contributed by atoms with van der Waals surface area (Å²) in [7, 11) is 7.00. The van der Waals surface area contributed by atoms with Crippen molar-refractivity contribution in [3.63, 3.8) is 0 Å². The summed E-state index contributed by atoms with van der Waals surface area (Å²) in [5, 5.41) is 0.689. The summed E-state index contributed by atoms with van der Waals surface area (Å²) in [6.07, 6.45) is 0. The van der Waals surface area contributed by atoms with E-state index in [4.69, 9.17) is 4.74 Å². The van der Waals surface area contributed by atoms with Crippen LogP contribution in [-0.2, 0) is 0 Å². The maximum Gasteiger partial charge on any atom is 0.267 e. The standard InChI is InChI=1S/C20H21N3O3/c1-22(2)13-9-11-14(12-10-13)23(3)20(25)17-18(26-4)15-7-5-6-8-16(15)21-19(17)24/h5-12H,1-4H3,(H,21,24). The fourth-order valence-electron chi connectivity index (χ4n) is 2.88. The van der Waals surface area contributed by atoms with Crippen LogP contribution in [0.25, 0.3) is 10.9 Å². The summed E-state index contributed by atoms with van der Waals surface area (Å²) in [4.78, 5) is 31.7. The second-order valence-electron chi connectivity index (χ2n) is 6.18. The van der Waals surface area contributed by atoms with Gasteiger partial charge in [-0.05, 0) is 36.4 Å². The summed E-state index contributed by atoms with van der Waals surface area (Å²) >= 11 is 0. The number of carbonyl (C=O) groups is 1. The number of para-hydroxylation sites is 1. The van der Waals surface area contributed by atoms with Gasteiger partial charge in [-0.25, -0.2) is 0 Å². The van der Waals surface area contributed by atoms with E-state index in [1.54, 1.807) is 13.1 Å². The number of H-pyrrole nitrogens is 1. The first-order chi connectivity index (χ1) is 12.4. The molecule has 0 unspecified atom stereocenters. The average Bonchev–Trinajstić information content (AvgIpc) is 2.65. The maximum atomic E-state index is 13.0. The topological polar surface area (TPSA) is 65.6 Å². The van der Waals surface area contributed by atoms with Crippen LogP contribution in [0, 0.1) is 0 Å². The zero-order valence-electron chi connectivity index (χ0n) is 15.2. The largest absolute Gasteiger partial charge is 0.495 e. The minimum Gasteiger partial charge on any atom is -0.495 e. The van der Waals surface area contributed by atoms with Crippen LogP contribution in [0.15, 0.2) is 53.3 Å². The Morgan fingerprint density at radius 2 is 1.58 bits per heavy atom. The molecule has 0 bridgehead atoms. The number of hydrogen-bond donors (Lipinski definition) is 1. The summed E-state index contributed by atoms with van der Waals surface area (Å²) in [5.74, 6) is -0.141. The molecule has 6 heteroatoms. The lowest BCUT2D eigenvalue weighted by Gasteiger charge is -2.20. The van der Waals surface area contributed by atoms with Gasteiger partial charge in [-0.3, -0.25) is 9.59 Å². The van der Waals surface area contributed by atoms with E-state index >= 15 is 0 Å². The van der Waals surface area contributed by atoms with Gasteiger partial charge in [0.1, 0.15) is 11.3 Å². The van der Waals surface area contributed by atoms with Crippen LogP contribution in [-0.4, -0.2) is 39.1 Å². The number of ether oxygens (including phenoxy) is 1. The zero-order valence-corrected chi connectivity index (χ0v) is 15.2. The predicted octanol–water partition coefficient (Wildman–Crippen LogP) is 2.88. The molecule has 3 aromatic rings. The summed E-state index contributed by atoms with van der Waals surface area (Å²) in [6.45, 7) is 0. The molecule has 0 aliphatic carbocycles. The highest BCUT2D eigenvalue weighted by Crippen LogP contribution is 2.28. The number of aromatic amines is 1. The molecule has 2 aromatic carbocycles. The number of aromatic nitrogens is 1. The number of nitrogens with one attached hydrogen (secondary N) is 1. The number of amides is 1. The van der Waals surface area contributed by atoms with Crippen LogP contribution in [0.5, 0.6) is 5.75 Å². The third-order valence-electron chi connectivity index (χ3n) is 4.35. The van der Waals surface area contributed by atoms with Gasteiger partial charge in [0.2, 0.25) is 0 Å². The van der Waals surface area contributed by atoms with E-state index in [2.05, 4.69) is 4.98 Å². The summed E-state index contributed by atoms with van der Waals surface area (Å²) in [6, 6.07) is 14.8. The van der Waals surface area contributed by atoms with Crippen LogP contribution in [0.4, 0.5) is 11.4 Å². The highest BCUT2D eigenvalue weighted by Gasteiger charge is 2.24. The van der Waals surface area contributed by atoms with Gasteiger partial charge in [0.15, 0.2) is 0 Å². The maximum absolute atomic E-state index is 13.0. The molecular formula is C20H21N3O3. The van der Waals surface area contributed by atoms with E-state index in [0.717, 1.165) is 5.69 Å². The van der Waals surface area contributed by atoms with Crippen LogP contribution < -0.4 is 20.1 Å². The first kappa shape index (κ1) is 17.5. The number of anilines is 2. The van der Waals surface area contributed by atoms with E-state index in [9.17, 15) is 9.59 Å². The lowest BCUT2D eigenvalue weighted by atomic mass is 10.1. The molecule has 1 aromatic heterocycles. The molecule has 1 amide bonds. The SMILES string of the molecule is COc1c(C(=O)N(C)c2ccc(N(C)C)cc2)c(=O)[nH]c2ccccc12. The Balaban J connectivity index is 2.06. The van der Waals surface area contributed by atoms with E-state index in [1.165, 1.54) is 12.0 Å². The Morgan fingerprint density at radius 1 is 0.962 bits per heavy atom. The fourth-order valence-corrected chi connectivity index (χ4v) is 2.88. The van der Waals surface area contributed by atoms with Crippen LogP contribution in [0.1, 0.15) is 10.4 Å². The number of rotatable bonds is 4. The lowest BCUT2D eigenvalue weighted by molar-refractivity contribution is 0.0989. The molecule has 0 spiro atoms. The molecule has 0 aliphatic heterocycles. The Morgan fingerprint density at radius 3 is 2.19 bits per heavy atom. The first-order valence-electron chi connectivity index (χ1n) is 8.18. The molecule has 1 N–H and O–H groups in total. The van der Waals surface area contributed by atoms with Crippen molar-refractivity contribution in [3.8, 4) is 5.75 Å². The number of nitrogens with zero attached hydrogens (tertiary/aromatic N) is 2. The van der Waals surface area contributed by atoms with Crippen molar-refractivity contribution in [2.75, 3.05) is 38.1 Å². The minimum absolute atomic E-state index is 0.00890. The third-order valence-corrected chi connectivity index (χ3v) is 4.35. The van der Waals surface area contributed by atoms with Crippen molar-refractivity contribution in [1.82, 2.24) is 4.98 Å². The summed E-state index contributed by atoms with van der Waals surface area (Å²) in [5.41, 5.74) is 1.86. The van der Waals surface area contributed by atoms with Crippen molar-refractivity contribution in [2.45, 2.75) is 0 Å². The molecule has 26 heavy (non-hydrogen) atoms. The number of pyridine rings is 1. The third kappa shape index (κ3) is 3.01. The van der Waals surface area contributed by atoms with E-state index < -0.39 is 11.5 Å². The second kappa shape index (κ2) is 6.92. The normalized spacial score (nSPS) is 10.6. The van der Waals surface area contributed by atoms with Gasteiger partial charge >= 0.3 is 0 Å². The highest BCUT2D eigenvalue weighted by atomic mass is 16.5. The monoisotopic (exact) mass is 351 g/mol. The molecule has 3 rings (SSSR count). The molecule has 1 heterocycles. The Hall–Kier alpha value is -3.28. The Labute approximate surface area is 151 Å². The van der Waals surface area contributed by atoms with E-state index in [1.807, 2.05) is 61.5 Å². The molecule has 0 aliphatic rings. The van der Waals surface area contributed by atoms with Gasteiger partial charge in [0.25, 0.3) is 11.5 Å². The molecule has 0 atom stereocenters. The first-order valence-corrected chi connectivity index (χ1v) is 8.18. The molecule has 0 radical (unpaired) electrons. The van der Waals surface area contributed by atoms with Gasteiger partial charge in [0, 0.05) is 37.9 Å². The van der Waals surface area contributed by atoms with Crippen molar-refractivity contribution in [3.05, 3.63) is 64.4 Å². The van der Waals surface area contributed by atoms with E-state index in [-0.39, 0.29) is 11.3 Å². The average molecular weight is 351 g/mol. The van der Waals surface area contributed by atoms with Crippen molar-refractivity contribution in [2.24, 2.45) is 0 Å². The molecule has 0 saturated heterocycles. The molecule has 6 nitrogen and oxygen atoms in total. The van der Waals surface area contributed by atoms with Gasteiger partial charge < -0.3 is 19.5 Å². The van der Waals surface area contributed by atoms with Gasteiger partial charge in [-0.15, -0.1) is 0 Å². The number of carbonyl (C=O) groups excluding carboxylic acids is 1. The van der Waals surface area contributed by atoms with Gasteiger partial charge in [0.05, 0.1) is 12.6 Å². The smallest absolute Gasteiger partial charge is 0.267 e. The van der Waals surface area contributed by atoms with Crippen LogP contribution in [0.2, 0.25) is 0 Å². The number of fused-ring (bicyclic) bond motifs is 1. The minimum atomic E-state index is -0.470. The number of benzene rings is 2. The van der Waals surface area contributed by atoms with Crippen LogP contribution >= 0.6 is 0 Å². The van der Waals surface area contributed by atoms with E-state index in [0.29, 0.717) is 16.6 Å². The Bertz CT molecular complexity index is 1010. The van der Waals surface area contributed by atoms with Crippen LogP contribution in [0.3, 0.4) is 0 Å². The zero-order chi connectivity index (χ0) is 18.8. The van der Waals surface area contributed by atoms with Gasteiger partial charge in [-0.1, -0.05) is 12.1 Å². The molecule has 0 fully saturated rings. The molecule has 134 valence electrons. The van der Waals surface area contributed by atoms with Crippen molar-refractivity contribution in [1.29, 1.82) is 0 Å². The highest BCUT2D eigenvalue weighted by molar-refractivity contribution is 6.10.